The van der Waals surface area contributed by atoms with E-state index in [-0.39, 0.29) is 0 Å². The molecule has 5 aromatic heterocycles. The number of hydrogen-bond acceptors (Lipinski definition) is 10. The number of allylic oxidation sites excluding steroid dienone is 3. The predicted molar refractivity (Wildman–Crippen MR) is 125 cm³/mol. The molecule has 5 heterocycles. The normalized spacial score (nSPS) is 13.4. The molecule has 0 fully saturated rings. The van der Waals surface area contributed by atoms with Crippen molar-refractivity contribution < 1.29 is 0 Å². The molecule has 15 heteroatoms. The second-order valence-corrected chi connectivity index (χ2v) is 7.80. The van der Waals surface area contributed by atoms with Gasteiger partial charge in [0.2, 0.25) is 11.6 Å². The molecule has 0 bridgehead atoms. The number of nitrogens with one attached hydrogen (secondary N) is 5. The van der Waals surface area contributed by atoms with Crippen LogP contribution in [0, 0.1) is 11.3 Å². The van der Waals surface area contributed by atoms with Gasteiger partial charge in [-0.1, -0.05) is 24.3 Å². The first-order valence-corrected chi connectivity index (χ1v) is 10.9. The fourth-order valence-corrected chi connectivity index (χ4v) is 4.02. The van der Waals surface area contributed by atoms with Gasteiger partial charge in [-0.2, -0.15) is 31.0 Å². The van der Waals surface area contributed by atoms with E-state index in [9.17, 15) is 0 Å². The molecule has 0 spiro atoms. The largest absolute Gasteiger partial charge is 0.281 e. The lowest BCUT2D eigenvalue weighted by molar-refractivity contribution is 0.881. The number of H-pyrrole nitrogens is 5. The molecule has 0 atom stereocenters. The standard InChI is InChI=1S/2C7H6N6.C7H5N3/c2*1-2-4-5(3-1)8-9-6(4)7-10-12-13-11-7;8-4-7-5-2-1-3-6(5)9-10-7/h1,3H,2H2,(H,8,9)(H,10,11,12,13);1-2H,3H2,(H,8,9)(H,10,11,12,13);1,3H,2H2,(H,9,10). The van der Waals surface area contributed by atoms with Crippen molar-refractivity contribution in [3.8, 4) is 29.1 Å². The molecule has 0 unspecified atom stereocenters. The Morgan fingerprint density at radius 1 is 0.667 bits per heavy atom. The maximum Gasteiger partial charge on any atom is 0.225 e. The number of aromatic nitrogens is 14. The van der Waals surface area contributed by atoms with Gasteiger partial charge in [-0.25, -0.2) is 0 Å². The number of hydrogen-bond donors (Lipinski definition) is 5. The van der Waals surface area contributed by atoms with Gasteiger partial charge < -0.3 is 0 Å². The number of rotatable bonds is 2. The number of nitrogens with zero attached hydrogens (tertiary/aromatic N) is 10. The molecule has 5 aromatic rings. The zero-order valence-corrected chi connectivity index (χ0v) is 18.6. The van der Waals surface area contributed by atoms with Crippen LogP contribution in [0.5, 0.6) is 0 Å². The van der Waals surface area contributed by atoms with Crippen LogP contribution in [-0.2, 0) is 19.3 Å². The van der Waals surface area contributed by atoms with Crippen LogP contribution in [0.1, 0.15) is 39.5 Å². The highest BCUT2D eigenvalue weighted by atomic mass is 15.5. The zero-order chi connectivity index (χ0) is 24.3. The molecule has 36 heavy (non-hydrogen) atoms. The van der Waals surface area contributed by atoms with Crippen LogP contribution in [-0.4, -0.2) is 71.8 Å². The van der Waals surface area contributed by atoms with Crippen molar-refractivity contribution in [1.29, 1.82) is 5.26 Å². The van der Waals surface area contributed by atoms with Gasteiger partial charge in [-0.15, -0.1) is 20.4 Å². The molecular formula is C21H17N15. The van der Waals surface area contributed by atoms with Gasteiger partial charge in [-0.05, 0) is 35.4 Å². The smallest absolute Gasteiger partial charge is 0.225 e. The Hall–Kier alpha value is -5.52. The minimum atomic E-state index is 0.528. The van der Waals surface area contributed by atoms with E-state index in [2.05, 4.69) is 84.0 Å². The number of tetrazole rings is 2. The minimum absolute atomic E-state index is 0.528. The molecule has 0 saturated carbocycles. The summed E-state index contributed by atoms with van der Waals surface area (Å²) in [7, 11) is 0. The van der Waals surface area contributed by atoms with Gasteiger partial charge in [0.05, 0.1) is 11.4 Å². The summed E-state index contributed by atoms with van der Waals surface area (Å²) < 4.78 is 0. The molecule has 176 valence electrons. The quantitative estimate of drug-likeness (QED) is 0.243. The molecule has 3 aliphatic carbocycles. The minimum Gasteiger partial charge on any atom is -0.281 e. The monoisotopic (exact) mass is 479 g/mol. The van der Waals surface area contributed by atoms with Crippen molar-refractivity contribution in [1.82, 2.24) is 71.8 Å². The van der Waals surface area contributed by atoms with Gasteiger partial charge in [0.1, 0.15) is 17.5 Å². The van der Waals surface area contributed by atoms with E-state index < -0.39 is 0 Å². The Morgan fingerprint density at radius 3 is 2.03 bits per heavy atom. The molecule has 15 nitrogen and oxygen atoms in total. The number of aromatic amines is 5. The van der Waals surface area contributed by atoms with E-state index in [4.69, 9.17) is 5.26 Å². The molecule has 0 aromatic carbocycles. The SMILES string of the molecule is C1=Cc2[nH]nc(-c3nn[nH]n3)c2C1.C1=Cc2c(-c3nn[nH]n3)n[nH]c2C1.N#Cc1n[nH]c2c1CC=C2. The summed E-state index contributed by atoms with van der Waals surface area (Å²) in [6.45, 7) is 0. The highest BCUT2D eigenvalue weighted by Crippen LogP contribution is 2.26. The van der Waals surface area contributed by atoms with Crippen LogP contribution in [0.2, 0.25) is 0 Å². The fourth-order valence-electron chi connectivity index (χ4n) is 4.02. The van der Waals surface area contributed by atoms with Gasteiger partial charge in [0, 0.05) is 28.8 Å². The van der Waals surface area contributed by atoms with Crippen LogP contribution in [0.15, 0.2) is 18.2 Å². The summed E-state index contributed by atoms with van der Waals surface area (Å²) in [5, 5.41) is 56.5. The second-order valence-electron chi connectivity index (χ2n) is 7.80. The topological polar surface area (TPSA) is 219 Å². The lowest BCUT2D eigenvalue weighted by atomic mass is 10.2. The highest BCUT2D eigenvalue weighted by Gasteiger charge is 2.19. The Labute approximate surface area is 201 Å². The van der Waals surface area contributed by atoms with Crippen molar-refractivity contribution >= 4 is 18.2 Å². The third-order valence-corrected chi connectivity index (χ3v) is 5.72. The first-order valence-electron chi connectivity index (χ1n) is 10.9. The highest BCUT2D eigenvalue weighted by molar-refractivity contribution is 5.72. The Bertz CT molecular complexity index is 1620. The predicted octanol–water partition coefficient (Wildman–Crippen LogP) is 1.17. The molecule has 0 saturated heterocycles. The third kappa shape index (κ3) is 3.77. The van der Waals surface area contributed by atoms with E-state index in [0.717, 1.165) is 64.4 Å². The lowest BCUT2D eigenvalue weighted by Gasteiger charge is -1.89. The Kier molecular flexibility index (Phi) is 5.27. The lowest BCUT2D eigenvalue weighted by Crippen LogP contribution is -1.86. The fraction of sp³-hybridized carbons (Fsp3) is 0.143. The number of nitriles is 1. The average molecular weight is 479 g/mol. The summed E-state index contributed by atoms with van der Waals surface area (Å²) in [6.07, 6.45) is 14.8. The second kappa shape index (κ2) is 9.02. The zero-order valence-electron chi connectivity index (χ0n) is 18.6. The van der Waals surface area contributed by atoms with Crippen molar-refractivity contribution in [2.45, 2.75) is 19.3 Å². The molecule has 3 aliphatic rings. The molecule has 0 amide bonds. The first-order chi connectivity index (χ1) is 17.8. The van der Waals surface area contributed by atoms with Crippen molar-refractivity contribution in [2.24, 2.45) is 0 Å². The van der Waals surface area contributed by atoms with Crippen molar-refractivity contribution in [2.75, 3.05) is 0 Å². The average Bonchev–Trinajstić information content (AvgIpc) is 3.73. The Morgan fingerprint density at radius 2 is 1.31 bits per heavy atom. The maximum atomic E-state index is 8.53. The molecule has 8 rings (SSSR count). The summed E-state index contributed by atoms with van der Waals surface area (Å²) in [5.41, 5.74) is 8.45. The van der Waals surface area contributed by atoms with Crippen LogP contribution in [0.25, 0.3) is 41.3 Å². The maximum absolute atomic E-state index is 8.53. The van der Waals surface area contributed by atoms with Crippen molar-refractivity contribution in [3.63, 3.8) is 0 Å². The molecule has 0 radical (unpaired) electrons. The van der Waals surface area contributed by atoms with E-state index in [1.807, 2.05) is 30.4 Å². The van der Waals surface area contributed by atoms with Gasteiger partial charge in [-0.3, -0.25) is 15.3 Å². The Balaban J connectivity index is 0.000000101. The summed E-state index contributed by atoms with van der Waals surface area (Å²) in [5.74, 6) is 1.07. The van der Waals surface area contributed by atoms with Gasteiger partial charge in [0.25, 0.3) is 0 Å². The van der Waals surface area contributed by atoms with Crippen molar-refractivity contribution in [3.05, 3.63) is 57.7 Å². The van der Waals surface area contributed by atoms with Crippen LogP contribution < -0.4 is 0 Å². The van der Waals surface area contributed by atoms with Crippen LogP contribution >= 0.6 is 0 Å². The molecular weight excluding hydrogens is 462 g/mol. The van der Waals surface area contributed by atoms with Crippen LogP contribution in [0.3, 0.4) is 0 Å². The molecule has 0 aliphatic heterocycles. The van der Waals surface area contributed by atoms with E-state index >= 15 is 0 Å². The van der Waals surface area contributed by atoms with Crippen LogP contribution in [0.4, 0.5) is 0 Å². The van der Waals surface area contributed by atoms with E-state index in [0.29, 0.717) is 17.3 Å². The third-order valence-electron chi connectivity index (χ3n) is 5.72. The first kappa shape index (κ1) is 21.0. The summed E-state index contributed by atoms with van der Waals surface area (Å²) >= 11 is 0. The summed E-state index contributed by atoms with van der Waals surface area (Å²) in [6, 6.07) is 2.02. The number of fused-ring (bicyclic) bond motifs is 3. The van der Waals surface area contributed by atoms with Gasteiger partial charge >= 0.3 is 0 Å². The van der Waals surface area contributed by atoms with E-state index in [1.54, 1.807) is 0 Å². The summed E-state index contributed by atoms with van der Waals surface area (Å²) in [4.78, 5) is 0. The van der Waals surface area contributed by atoms with Gasteiger partial charge in [0.15, 0.2) is 5.69 Å². The van der Waals surface area contributed by atoms with E-state index in [1.165, 1.54) is 0 Å². The molecule has 5 N–H and O–H groups in total.